The summed E-state index contributed by atoms with van der Waals surface area (Å²) in [4.78, 5) is 42.8. The van der Waals surface area contributed by atoms with Crippen molar-refractivity contribution in [3.8, 4) is 0 Å². The molecule has 12 heteroatoms. The average Bonchev–Trinajstić information content (AvgIpc) is 2.84. The Labute approximate surface area is 219 Å². The molecule has 2 N–H and O–H groups in total. The molecule has 2 atom stereocenters. The Morgan fingerprint density at radius 2 is 1.81 bits per heavy atom. The zero-order valence-electron chi connectivity index (χ0n) is 23.3. The fourth-order valence-electron chi connectivity index (χ4n) is 3.31. The van der Waals surface area contributed by atoms with E-state index in [4.69, 9.17) is 24.8 Å². The van der Waals surface area contributed by atoms with Crippen LogP contribution in [0.15, 0.2) is 17.0 Å². The summed E-state index contributed by atoms with van der Waals surface area (Å²) in [6.45, 7) is 10.5. The van der Waals surface area contributed by atoms with Crippen molar-refractivity contribution >= 4 is 23.9 Å². The van der Waals surface area contributed by atoms with Crippen molar-refractivity contribution in [2.45, 2.75) is 84.7 Å². The maximum atomic E-state index is 12.8. The van der Waals surface area contributed by atoms with E-state index in [-0.39, 0.29) is 17.5 Å². The van der Waals surface area contributed by atoms with Gasteiger partial charge in [-0.15, -0.1) is 0 Å². The number of oxime groups is 1. The third kappa shape index (κ3) is 12.3. The third-order valence-corrected chi connectivity index (χ3v) is 5.47. The Hall–Kier alpha value is -2.86. The van der Waals surface area contributed by atoms with E-state index in [0.29, 0.717) is 26.1 Å². The van der Waals surface area contributed by atoms with Crippen LogP contribution in [0.1, 0.15) is 66.7 Å². The van der Waals surface area contributed by atoms with Crippen LogP contribution in [0.25, 0.3) is 0 Å². The number of carbonyl (C=O) groups excluding carboxylic acids is 3. The maximum Gasteiger partial charge on any atom is 0.410 e. The first kappa shape index (κ1) is 32.2. The van der Waals surface area contributed by atoms with Crippen LogP contribution >= 0.6 is 0 Å². The number of rotatable bonds is 12. The minimum absolute atomic E-state index is 0.111. The largest absolute Gasteiger partial charge is 0.466 e. The number of ether oxygens (including phenoxy) is 5. The highest BCUT2D eigenvalue weighted by atomic mass is 16.7. The molecule has 0 spiro atoms. The lowest BCUT2D eigenvalue weighted by atomic mass is 9.86. The molecule has 0 aromatic rings. The summed E-state index contributed by atoms with van der Waals surface area (Å²) in [6.07, 6.45) is 3.89. The van der Waals surface area contributed by atoms with Crippen molar-refractivity contribution in [3.05, 3.63) is 11.8 Å². The fourth-order valence-corrected chi connectivity index (χ4v) is 3.31. The molecule has 12 nitrogen and oxygen atoms in total. The summed E-state index contributed by atoms with van der Waals surface area (Å²) in [6, 6.07) is -0.753. The Bertz CT molecular complexity index is 828. The van der Waals surface area contributed by atoms with Gasteiger partial charge in [0.05, 0.1) is 32.9 Å². The highest BCUT2D eigenvalue weighted by Crippen LogP contribution is 2.27. The number of nitrogens with two attached hydrogens (primary N) is 1. The molecule has 1 heterocycles. The molecule has 1 rings (SSSR count). The monoisotopic (exact) mass is 529 g/mol. The van der Waals surface area contributed by atoms with Crippen molar-refractivity contribution in [3.63, 3.8) is 0 Å². The van der Waals surface area contributed by atoms with E-state index in [2.05, 4.69) is 14.6 Å². The number of nitrogens with zero attached hydrogens (tertiary/aromatic N) is 2. The second-order valence-electron chi connectivity index (χ2n) is 10.5. The standard InChI is InChI=1S/C25H43N3O9/c1-24(2,3)36-23(31)28(6)17(12-13-25(4,5)16-35-20-11-9-10-14-34-20)21(26)27-37-18(22(30)33-8)15-19(29)32-7/h15,17,20H,9-14,16H2,1-8H3,(H2,26,27). The minimum Gasteiger partial charge on any atom is -0.466 e. The lowest BCUT2D eigenvalue weighted by Crippen LogP contribution is -2.48. The molecule has 0 aliphatic carbocycles. The van der Waals surface area contributed by atoms with E-state index < -0.39 is 35.4 Å². The lowest BCUT2D eigenvalue weighted by molar-refractivity contribution is -0.176. The van der Waals surface area contributed by atoms with Gasteiger partial charge in [-0.1, -0.05) is 19.0 Å². The van der Waals surface area contributed by atoms with Gasteiger partial charge >= 0.3 is 18.0 Å². The Kier molecular flexibility index (Phi) is 12.8. The van der Waals surface area contributed by atoms with Gasteiger partial charge in [-0.05, 0) is 58.3 Å². The van der Waals surface area contributed by atoms with Gasteiger partial charge in [0, 0.05) is 13.7 Å². The minimum atomic E-state index is -0.956. The van der Waals surface area contributed by atoms with Gasteiger partial charge in [-0.2, -0.15) is 0 Å². The SMILES string of the molecule is COC(=O)C=C(ON=C(N)C(CCC(C)(C)COC1CCCCO1)N(C)C(=O)OC(C)(C)C)C(=O)OC. The second-order valence-corrected chi connectivity index (χ2v) is 10.5. The molecule has 1 amide bonds. The summed E-state index contributed by atoms with van der Waals surface area (Å²) >= 11 is 0. The lowest BCUT2D eigenvalue weighted by Gasteiger charge is -2.33. The van der Waals surface area contributed by atoms with Crippen LogP contribution < -0.4 is 5.73 Å². The molecule has 0 saturated carbocycles. The molecular formula is C25H43N3O9. The normalized spacial score (nSPS) is 18.0. The van der Waals surface area contributed by atoms with Crippen LogP contribution in [0.2, 0.25) is 0 Å². The molecule has 2 unspecified atom stereocenters. The van der Waals surface area contributed by atoms with Crippen molar-refractivity contribution in [1.82, 2.24) is 4.90 Å². The molecule has 1 aliphatic rings. The van der Waals surface area contributed by atoms with Crippen LogP contribution in [0.4, 0.5) is 4.79 Å². The molecule has 0 aromatic carbocycles. The molecule has 37 heavy (non-hydrogen) atoms. The number of carbonyl (C=O) groups is 3. The summed E-state index contributed by atoms with van der Waals surface area (Å²) in [5, 5.41) is 3.82. The van der Waals surface area contributed by atoms with E-state index >= 15 is 0 Å². The third-order valence-electron chi connectivity index (χ3n) is 5.47. The zero-order chi connectivity index (χ0) is 28.2. The van der Waals surface area contributed by atoms with Gasteiger partial charge in [0.15, 0.2) is 12.1 Å². The number of likely N-dealkylation sites (N-methyl/N-ethyl adjacent to an activating group) is 1. The van der Waals surface area contributed by atoms with Crippen LogP contribution in [0.5, 0.6) is 0 Å². The number of amides is 1. The number of methoxy groups -OCH3 is 2. The Balaban J connectivity index is 3.05. The van der Waals surface area contributed by atoms with Gasteiger partial charge in [0.1, 0.15) is 5.60 Å². The Morgan fingerprint density at radius 1 is 1.14 bits per heavy atom. The first-order valence-electron chi connectivity index (χ1n) is 12.3. The van der Waals surface area contributed by atoms with Gasteiger partial charge in [-0.3, -0.25) is 0 Å². The van der Waals surface area contributed by atoms with E-state index in [1.54, 1.807) is 20.8 Å². The molecule has 0 bridgehead atoms. The molecule has 0 aromatic heterocycles. The van der Waals surface area contributed by atoms with E-state index in [1.807, 2.05) is 13.8 Å². The maximum absolute atomic E-state index is 12.8. The van der Waals surface area contributed by atoms with E-state index in [0.717, 1.165) is 39.6 Å². The van der Waals surface area contributed by atoms with Crippen LogP contribution in [0, 0.1) is 5.41 Å². The first-order valence-corrected chi connectivity index (χ1v) is 12.3. The molecule has 1 aliphatic heterocycles. The van der Waals surface area contributed by atoms with Crippen molar-refractivity contribution in [2.24, 2.45) is 16.3 Å². The summed E-state index contributed by atoms with van der Waals surface area (Å²) in [5.41, 5.74) is 5.21. The van der Waals surface area contributed by atoms with Crippen molar-refractivity contribution < 1.29 is 42.9 Å². The number of hydrogen-bond acceptors (Lipinski definition) is 10. The topological polar surface area (TPSA) is 148 Å². The predicted molar refractivity (Wildman–Crippen MR) is 135 cm³/mol. The van der Waals surface area contributed by atoms with Gasteiger partial charge < -0.3 is 39.2 Å². The van der Waals surface area contributed by atoms with Gasteiger partial charge in [0.2, 0.25) is 5.76 Å². The molecule has 1 saturated heterocycles. The first-order chi connectivity index (χ1) is 17.2. The second kappa shape index (κ2) is 14.8. The van der Waals surface area contributed by atoms with Crippen molar-refractivity contribution in [2.75, 3.05) is 34.5 Å². The highest BCUT2D eigenvalue weighted by Gasteiger charge is 2.31. The molecule has 0 radical (unpaired) electrons. The summed E-state index contributed by atoms with van der Waals surface area (Å²) in [7, 11) is 3.79. The fraction of sp³-hybridized carbons (Fsp3) is 0.760. The van der Waals surface area contributed by atoms with E-state index in [9.17, 15) is 14.4 Å². The van der Waals surface area contributed by atoms with E-state index in [1.165, 1.54) is 11.9 Å². The van der Waals surface area contributed by atoms with Crippen molar-refractivity contribution in [1.29, 1.82) is 0 Å². The number of esters is 2. The molecule has 1 fully saturated rings. The van der Waals surface area contributed by atoms with Crippen LogP contribution in [-0.4, -0.2) is 81.2 Å². The Morgan fingerprint density at radius 3 is 2.35 bits per heavy atom. The number of amidine groups is 1. The average molecular weight is 530 g/mol. The van der Waals surface area contributed by atoms with Crippen LogP contribution in [-0.2, 0) is 38.1 Å². The van der Waals surface area contributed by atoms with Gasteiger partial charge in [-0.25, -0.2) is 14.4 Å². The summed E-state index contributed by atoms with van der Waals surface area (Å²) in [5.74, 6) is -2.44. The number of hydrogen-bond donors (Lipinski definition) is 1. The van der Waals surface area contributed by atoms with Crippen LogP contribution in [0.3, 0.4) is 0 Å². The molecular weight excluding hydrogens is 486 g/mol. The smallest absolute Gasteiger partial charge is 0.410 e. The quantitative estimate of drug-likeness (QED) is 0.0760. The predicted octanol–water partition coefficient (Wildman–Crippen LogP) is 3.09. The molecule has 212 valence electrons. The highest BCUT2D eigenvalue weighted by molar-refractivity contribution is 5.95. The van der Waals surface area contributed by atoms with Gasteiger partial charge in [0.25, 0.3) is 0 Å². The zero-order valence-corrected chi connectivity index (χ0v) is 23.3. The summed E-state index contributed by atoms with van der Waals surface area (Å²) < 4.78 is 26.2.